The number of rotatable bonds is 6. The maximum atomic E-state index is 5.65. The number of nitrogens with zero attached hydrogens (tertiary/aromatic N) is 1. The summed E-state index contributed by atoms with van der Waals surface area (Å²) in [4.78, 5) is 2.58. The van der Waals surface area contributed by atoms with E-state index in [2.05, 4.69) is 65.6 Å². The second-order valence-corrected chi connectivity index (χ2v) is 6.62. The Hall–Kier alpha value is -1.64. The maximum Gasteiger partial charge on any atom is 0.0119 e. The van der Waals surface area contributed by atoms with Crippen molar-refractivity contribution in [2.45, 2.75) is 25.2 Å². The molecule has 0 spiro atoms. The van der Waals surface area contributed by atoms with Gasteiger partial charge in [-0.05, 0) is 62.5 Å². The molecule has 0 unspecified atom stereocenters. The van der Waals surface area contributed by atoms with E-state index in [-0.39, 0.29) is 0 Å². The Bertz CT molecular complexity index is 519. The Morgan fingerprint density at radius 3 is 1.87 bits per heavy atom. The highest BCUT2D eigenvalue weighted by Crippen LogP contribution is 2.37. The molecule has 1 aliphatic heterocycles. The number of benzene rings is 2. The van der Waals surface area contributed by atoms with Crippen LogP contribution in [0.1, 0.15) is 36.3 Å². The van der Waals surface area contributed by atoms with Gasteiger partial charge in [0.1, 0.15) is 0 Å². The van der Waals surface area contributed by atoms with Crippen molar-refractivity contribution in [2.24, 2.45) is 11.7 Å². The molecule has 122 valence electrons. The lowest BCUT2D eigenvalue weighted by molar-refractivity contribution is 0.174. The molecular weight excluding hydrogens is 280 g/mol. The van der Waals surface area contributed by atoms with E-state index in [1.54, 1.807) is 0 Å². The van der Waals surface area contributed by atoms with E-state index in [0.717, 1.165) is 25.4 Å². The summed E-state index contributed by atoms with van der Waals surface area (Å²) in [6, 6.07) is 22.1. The second-order valence-electron chi connectivity index (χ2n) is 6.62. The van der Waals surface area contributed by atoms with Crippen LogP contribution in [0, 0.1) is 5.92 Å². The van der Waals surface area contributed by atoms with Crippen molar-refractivity contribution in [1.82, 2.24) is 4.90 Å². The van der Waals surface area contributed by atoms with Gasteiger partial charge in [-0.25, -0.2) is 0 Å². The summed E-state index contributed by atoms with van der Waals surface area (Å²) in [6.45, 7) is 4.38. The van der Waals surface area contributed by atoms with Gasteiger partial charge < -0.3 is 10.6 Å². The molecule has 1 aliphatic rings. The highest BCUT2D eigenvalue weighted by atomic mass is 15.1. The Labute approximate surface area is 140 Å². The van der Waals surface area contributed by atoms with Crippen LogP contribution in [0.2, 0.25) is 0 Å². The third-order valence-corrected chi connectivity index (χ3v) is 5.10. The molecule has 0 aromatic heterocycles. The van der Waals surface area contributed by atoms with Gasteiger partial charge in [0.05, 0.1) is 0 Å². The van der Waals surface area contributed by atoms with Crippen LogP contribution in [0.3, 0.4) is 0 Å². The fraction of sp³-hybridized carbons (Fsp3) is 0.429. The normalized spacial score (nSPS) is 16.8. The molecule has 0 aliphatic carbocycles. The second kappa shape index (κ2) is 8.28. The van der Waals surface area contributed by atoms with Crippen LogP contribution in [0.5, 0.6) is 0 Å². The minimum absolute atomic E-state index is 0.522. The molecule has 2 N–H and O–H groups in total. The first-order valence-electron chi connectivity index (χ1n) is 8.91. The fourth-order valence-electron chi connectivity index (χ4n) is 3.88. The van der Waals surface area contributed by atoms with Gasteiger partial charge in [-0.2, -0.15) is 0 Å². The first kappa shape index (κ1) is 16.2. The molecule has 0 saturated carbocycles. The SMILES string of the molecule is NCCCN1CCC(C(c2ccccc2)c2ccccc2)CC1. The largest absolute Gasteiger partial charge is 0.330 e. The summed E-state index contributed by atoms with van der Waals surface area (Å²) in [5, 5.41) is 0. The van der Waals surface area contributed by atoms with Gasteiger partial charge in [0.15, 0.2) is 0 Å². The Morgan fingerprint density at radius 2 is 1.39 bits per heavy atom. The van der Waals surface area contributed by atoms with E-state index >= 15 is 0 Å². The maximum absolute atomic E-state index is 5.65. The number of piperidine rings is 1. The van der Waals surface area contributed by atoms with Crippen LogP contribution in [0.15, 0.2) is 60.7 Å². The zero-order chi connectivity index (χ0) is 15.9. The first-order valence-corrected chi connectivity index (χ1v) is 8.91. The summed E-state index contributed by atoms with van der Waals surface area (Å²) in [5.41, 5.74) is 8.56. The van der Waals surface area contributed by atoms with Crippen LogP contribution >= 0.6 is 0 Å². The molecular formula is C21H28N2. The van der Waals surface area contributed by atoms with Crippen LogP contribution in [-0.4, -0.2) is 31.1 Å². The third kappa shape index (κ3) is 4.21. The van der Waals surface area contributed by atoms with Gasteiger partial charge in [0.2, 0.25) is 0 Å². The fourth-order valence-corrected chi connectivity index (χ4v) is 3.88. The Kier molecular flexibility index (Phi) is 5.84. The molecule has 0 atom stereocenters. The van der Waals surface area contributed by atoms with Crippen molar-refractivity contribution >= 4 is 0 Å². The Balaban J connectivity index is 1.75. The van der Waals surface area contributed by atoms with Gasteiger partial charge in [-0.3, -0.25) is 0 Å². The molecule has 2 aromatic rings. The van der Waals surface area contributed by atoms with Crippen molar-refractivity contribution < 1.29 is 0 Å². The summed E-state index contributed by atoms with van der Waals surface area (Å²) in [7, 11) is 0. The van der Waals surface area contributed by atoms with Crippen LogP contribution in [-0.2, 0) is 0 Å². The van der Waals surface area contributed by atoms with E-state index in [9.17, 15) is 0 Å². The predicted molar refractivity (Wildman–Crippen MR) is 97.6 cm³/mol. The summed E-state index contributed by atoms with van der Waals surface area (Å²) in [5.74, 6) is 1.25. The van der Waals surface area contributed by atoms with Gasteiger partial charge in [-0.1, -0.05) is 60.7 Å². The van der Waals surface area contributed by atoms with Crippen molar-refractivity contribution in [2.75, 3.05) is 26.2 Å². The molecule has 1 saturated heterocycles. The summed E-state index contributed by atoms with van der Waals surface area (Å²) < 4.78 is 0. The smallest absolute Gasteiger partial charge is 0.0119 e. The van der Waals surface area contributed by atoms with Gasteiger partial charge in [-0.15, -0.1) is 0 Å². The third-order valence-electron chi connectivity index (χ3n) is 5.10. The molecule has 0 radical (unpaired) electrons. The molecule has 1 fully saturated rings. The number of hydrogen-bond donors (Lipinski definition) is 1. The highest BCUT2D eigenvalue weighted by molar-refractivity contribution is 5.33. The van der Waals surface area contributed by atoms with Crippen molar-refractivity contribution in [3.8, 4) is 0 Å². The van der Waals surface area contributed by atoms with E-state index < -0.39 is 0 Å². The molecule has 23 heavy (non-hydrogen) atoms. The molecule has 1 heterocycles. The van der Waals surface area contributed by atoms with Crippen LogP contribution < -0.4 is 5.73 Å². The van der Waals surface area contributed by atoms with Crippen molar-refractivity contribution in [1.29, 1.82) is 0 Å². The molecule has 2 nitrogen and oxygen atoms in total. The van der Waals surface area contributed by atoms with Gasteiger partial charge in [0.25, 0.3) is 0 Å². The first-order chi connectivity index (χ1) is 11.4. The van der Waals surface area contributed by atoms with E-state index in [1.807, 2.05) is 0 Å². The molecule has 3 rings (SSSR count). The lowest BCUT2D eigenvalue weighted by Crippen LogP contribution is -2.37. The quantitative estimate of drug-likeness (QED) is 0.877. The zero-order valence-corrected chi connectivity index (χ0v) is 13.9. The summed E-state index contributed by atoms with van der Waals surface area (Å²) >= 11 is 0. The number of nitrogens with two attached hydrogens (primary N) is 1. The van der Waals surface area contributed by atoms with Gasteiger partial charge in [0, 0.05) is 5.92 Å². The van der Waals surface area contributed by atoms with Crippen molar-refractivity contribution in [3.05, 3.63) is 71.8 Å². The van der Waals surface area contributed by atoms with E-state index in [0.29, 0.717) is 5.92 Å². The minimum atomic E-state index is 0.522. The predicted octanol–water partition coefficient (Wildman–Crippen LogP) is 3.88. The zero-order valence-electron chi connectivity index (χ0n) is 13.9. The standard InChI is InChI=1S/C21H28N2/c22-14-7-15-23-16-12-20(13-17-23)21(18-8-3-1-4-9-18)19-10-5-2-6-11-19/h1-6,8-11,20-21H,7,12-17,22H2. The van der Waals surface area contributed by atoms with Crippen LogP contribution in [0.25, 0.3) is 0 Å². The minimum Gasteiger partial charge on any atom is -0.330 e. The summed E-state index contributed by atoms with van der Waals surface area (Å²) in [6.07, 6.45) is 3.67. The molecule has 0 amide bonds. The topological polar surface area (TPSA) is 29.3 Å². The lowest BCUT2D eigenvalue weighted by atomic mass is 9.76. The van der Waals surface area contributed by atoms with E-state index in [1.165, 1.54) is 37.1 Å². The molecule has 0 bridgehead atoms. The molecule has 2 aromatic carbocycles. The lowest BCUT2D eigenvalue weighted by Gasteiger charge is -2.36. The Morgan fingerprint density at radius 1 is 0.870 bits per heavy atom. The van der Waals surface area contributed by atoms with Crippen molar-refractivity contribution in [3.63, 3.8) is 0 Å². The average molecular weight is 308 g/mol. The number of hydrogen-bond acceptors (Lipinski definition) is 2. The highest BCUT2D eigenvalue weighted by Gasteiger charge is 2.28. The average Bonchev–Trinajstić information content (AvgIpc) is 2.63. The monoisotopic (exact) mass is 308 g/mol. The van der Waals surface area contributed by atoms with Gasteiger partial charge >= 0.3 is 0 Å². The van der Waals surface area contributed by atoms with E-state index in [4.69, 9.17) is 5.73 Å². The number of likely N-dealkylation sites (tertiary alicyclic amines) is 1. The molecule has 2 heteroatoms. The van der Waals surface area contributed by atoms with Crippen LogP contribution in [0.4, 0.5) is 0 Å².